The first-order chi connectivity index (χ1) is 10.2. The summed E-state index contributed by atoms with van der Waals surface area (Å²) in [6, 6.07) is 6.19. The second-order valence-electron chi connectivity index (χ2n) is 5.99. The van der Waals surface area contributed by atoms with E-state index in [9.17, 15) is 4.79 Å². The molecule has 2 aliphatic heterocycles. The predicted octanol–water partition coefficient (Wildman–Crippen LogP) is 1.30. The highest BCUT2D eigenvalue weighted by molar-refractivity contribution is 6.00. The fraction of sp³-hybridized carbons (Fsp3) is 0.562. The van der Waals surface area contributed by atoms with Crippen LogP contribution in [0.3, 0.4) is 0 Å². The minimum absolute atomic E-state index is 0.0440. The molecule has 2 fully saturated rings. The largest absolute Gasteiger partial charge is 0.399 e. The number of benzene rings is 1. The van der Waals surface area contributed by atoms with Gasteiger partial charge in [0.25, 0.3) is 5.91 Å². The fourth-order valence-electron chi connectivity index (χ4n) is 3.56. The van der Waals surface area contributed by atoms with Crippen LogP contribution in [0.25, 0.3) is 0 Å². The molecule has 0 radical (unpaired) electrons. The van der Waals surface area contributed by atoms with Crippen LogP contribution in [0.4, 0.5) is 11.4 Å². The number of rotatable bonds is 2. The van der Waals surface area contributed by atoms with Crippen molar-refractivity contribution in [1.82, 2.24) is 10.2 Å². The lowest BCUT2D eigenvalue weighted by atomic mass is 10.1. The first kappa shape index (κ1) is 14.2. The Morgan fingerprint density at radius 3 is 2.90 bits per heavy atom. The highest BCUT2D eigenvalue weighted by Crippen LogP contribution is 2.29. The van der Waals surface area contributed by atoms with E-state index in [2.05, 4.69) is 15.1 Å². The lowest BCUT2D eigenvalue weighted by molar-refractivity contribution is 0.0963. The lowest BCUT2D eigenvalue weighted by Crippen LogP contribution is -2.37. The van der Waals surface area contributed by atoms with Crippen LogP contribution in [0.5, 0.6) is 0 Å². The third-order valence-corrected chi connectivity index (χ3v) is 4.64. The van der Waals surface area contributed by atoms with Crippen LogP contribution >= 0.6 is 0 Å². The molecule has 2 heterocycles. The summed E-state index contributed by atoms with van der Waals surface area (Å²) in [5.41, 5.74) is 8.36. The van der Waals surface area contributed by atoms with E-state index in [1.54, 1.807) is 13.1 Å². The Bertz CT molecular complexity index is 531. The van der Waals surface area contributed by atoms with Gasteiger partial charge in [0.1, 0.15) is 0 Å². The molecule has 3 N–H and O–H groups in total. The van der Waals surface area contributed by atoms with Gasteiger partial charge in [0.15, 0.2) is 0 Å². The summed E-state index contributed by atoms with van der Waals surface area (Å²) in [6.45, 7) is 4.37. The van der Waals surface area contributed by atoms with E-state index in [4.69, 9.17) is 5.73 Å². The summed E-state index contributed by atoms with van der Waals surface area (Å²) in [5, 5.41) is 2.73. The molecule has 1 unspecified atom stereocenters. The van der Waals surface area contributed by atoms with Gasteiger partial charge in [-0.25, -0.2) is 0 Å². The van der Waals surface area contributed by atoms with E-state index in [1.165, 1.54) is 25.9 Å². The molecule has 0 aliphatic carbocycles. The van der Waals surface area contributed by atoms with Gasteiger partial charge in [0.2, 0.25) is 0 Å². The Balaban J connectivity index is 1.91. The van der Waals surface area contributed by atoms with Gasteiger partial charge in [-0.15, -0.1) is 0 Å². The van der Waals surface area contributed by atoms with Crippen molar-refractivity contribution < 1.29 is 4.79 Å². The number of hydrogen-bond acceptors (Lipinski definition) is 4. The van der Waals surface area contributed by atoms with Crippen molar-refractivity contribution in [1.29, 1.82) is 0 Å². The molecule has 2 saturated heterocycles. The highest BCUT2D eigenvalue weighted by atomic mass is 16.1. The molecule has 5 nitrogen and oxygen atoms in total. The standard InChI is InChI=1S/C16H24N4O/c1-18-16(21)14-6-5-12(17)10-15(14)20-9-3-8-19-7-2-4-13(19)11-20/h5-6,10,13H,2-4,7-9,11,17H2,1H3,(H,18,21). The zero-order valence-corrected chi connectivity index (χ0v) is 12.6. The average Bonchev–Trinajstić information content (AvgIpc) is 2.83. The topological polar surface area (TPSA) is 61.6 Å². The van der Waals surface area contributed by atoms with E-state index < -0.39 is 0 Å². The Morgan fingerprint density at radius 2 is 2.10 bits per heavy atom. The maximum Gasteiger partial charge on any atom is 0.253 e. The fourth-order valence-corrected chi connectivity index (χ4v) is 3.56. The Labute approximate surface area is 126 Å². The van der Waals surface area contributed by atoms with Crippen molar-refractivity contribution in [2.45, 2.75) is 25.3 Å². The third kappa shape index (κ3) is 2.83. The molecular formula is C16H24N4O. The maximum atomic E-state index is 12.1. The smallest absolute Gasteiger partial charge is 0.253 e. The molecule has 1 atom stereocenters. The van der Waals surface area contributed by atoms with E-state index in [0.717, 1.165) is 30.8 Å². The van der Waals surface area contributed by atoms with Crippen molar-refractivity contribution in [3.63, 3.8) is 0 Å². The molecule has 5 heteroatoms. The first-order valence-corrected chi connectivity index (χ1v) is 7.79. The summed E-state index contributed by atoms with van der Waals surface area (Å²) in [4.78, 5) is 17.0. The minimum Gasteiger partial charge on any atom is -0.399 e. The van der Waals surface area contributed by atoms with Gasteiger partial charge >= 0.3 is 0 Å². The van der Waals surface area contributed by atoms with Crippen molar-refractivity contribution in [3.8, 4) is 0 Å². The number of nitrogens with two attached hydrogens (primary N) is 1. The number of carbonyl (C=O) groups is 1. The number of nitrogens with one attached hydrogen (secondary N) is 1. The van der Waals surface area contributed by atoms with E-state index >= 15 is 0 Å². The molecule has 0 bridgehead atoms. The summed E-state index contributed by atoms with van der Waals surface area (Å²) >= 11 is 0. The Kier molecular flexibility index (Phi) is 4.01. The number of anilines is 2. The van der Waals surface area contributed by atoms with E-state index in [1.807, 2.05) is 12.1 Å². The Morgan fingerprint density at radius 1 is 1.29 bits per heavy atom. The van der Waals surface area contributed by atoms with Crippen LogP contribution < -0.4 is 16.0 Å². The van der Waals surface area contributed by atoms with Crippen molar-refractivity contribution in [2.75, 3.05) is 43.9 Å². The summed E-state index contributed by atoms with van der Waals surface area (Å²) in [7, 11) is 1.67. The van der Waals surface area contributed by atoms with Crippen LogP contribution in [0.15, 0.2) is 18.2 Å². The van der Waals surface area contributed by atoms with Gasteiger partial charge in [0, 0.05) is 38.4 Å². The van der Waals surface area contributed by atoms with E-state index in [-0.39, 0.29) is 5.91 Å². The number of fused-ring (bicyclic) bond motifs is 1. The van der Waals surface area contributed by atoms with Crippen LogP contribution in [-0.2, 0) is 0 Å². The monoisotopic (exact) mass is 288 g/mol. The second-order valence-corrected chi connectivity index (χ2v) is 5.99. The van der Waals surface area contributed by atoms with Crippen LogP contribution in [0.2, 0.25) is 0 Å². The molecule has 0 aromatic heterocycles. The molecule has 3 rings (SSSR count). The summed E-state index contributed by atoms with van der Waals surface area (Å²) in [5.74, 6) is -0.0440. The predicted molar refractivity (Wildman–Crippen MR) is 85.7 cm³/mol. The van der Waals surface area contributed by atoms with Gasteiger partial charge in [-0.3, -0.25) is 9.69 Å². The quantitative estimate of drug-likeness (QED) is 0.805. The number of carbonyl (C=O) groups excluding carboxylic acids is 1. The molecule has 1 aromatic rings. The van der Waals surface area contributed by atoms with Crippen LogP contribution in [0, 0.1) is 0 Å². The average molecular weight is 288 g/mol. The highest BCUT2D eigenvalue weighted by Gasteiger charge is 2.30. The zero-order valence-electron chi connectivity index (χ0n) is 12.6. The zero-order chi connectivity index (χ0) is 14.8. The third-order valence-electron chi connectivity index (χ3n) is 4.64. The Hall–Kier alpha value is -1.75. The molecule has 1 amide bonds. The van der Waals surface area contributed by atoms with Crippen LogP contribution in [0.1, 0.15) is 29.6 Å². The number of nitrogen functional groups attached to an aromatic ring is 1. The number of hydrogen-bond donors (Lipinski definition) is 2. The van der Waals surface area contributed by atoms with Gasteiger partial charge in [-0.2, -0.15) is 0 Å². The van der Waals surface area contributed by atoms with Crippen LogP contribution in [-0.4, -0.2) is 50.1 Å². The molecule has 0 saturated carbocycles. The number of amides is 1. The molecular weight excluding hydrogens is 264 g/mol. The molecule has 0 spiro atoms. The van der Waals surface area contributed by atoms with E-state index in [0.29, 0.717) is 11.7 Å². The van der Waals surface area contributed by atoms with Crippen molar-refractivity contribution in [2.24, 2.45) is 0 Å². The normalized spacial score (nSPS) is 22.7. The molecule has 1 aromatic carbocycles. The van der Waals surface area contributed by atoms with Gasteiger partial charge in [-0.1, -0.05) is 0 Å². The molecule has 21 heavy (non-hydrogen) atoms. The molecule has 114 valence electrons. The molecule has 2 aliphatic rings. The second kappa shape index (κ2) is 5.93. The SMILES string of the molecule is CNC(=O)c1ccc(N)cc1N1CCCN2CCCC2C1. The van der Waals surface area contributed by atoms with Crippen molar-refractivity contribution in [3.05, 3.63) is 23.8 Å². The summed E-state index contributed by atoms with van der Waals surface area (Å²) in [6.07, 6.45) is 3.68. The first-order valence-electron chi connectivity index (χ1n) is 7.79. The maximum absolute atomic E-state index is 12.1. The van der Waals surface area contributed by atoms with Gasteiger partial charge < -0.3 is 16.0 Å². The minimum atomic E-state index is -0.0440. The van der Waals surface area contributed by atoms with Crippen molar-refractivity contribution >= 4 is 17.3 Å². The lowest BCUT2D eigenvalue weighted by Gasteiger charge is -2.29. The summed E-state index contributed by atoms with van der Waals surface area (Å²) < 4.78 is 0. The van der Waals surface area contributed by atoms with Gasteiger partial charge in [0.05, 0.1) is 11.3 Å². The number of nitrogens with zero attached hydrogens (tertiary/aromatic N) is 2. The van der Waals surface area contributed by atoms with Gasteiger partial charge in [-0.05, 0) is 44.0 Å².